The Bertz CT molecular complexity index is 383. The van der Waals surface area contributed by atoms with Crippen LogP contribution < -0.4 is 0 Å². The maximum absolute atomic E-state index is 6.62. The van der Waals surface area contributed by atoms with E-state index < -0.39 is 0 Å². The van der Waals surface area contributed by atoms with Gasteiger partial charge in [0.15, 0.2) is 0 Å². The maximum atomic E-state index is 6.62. The maximum Gasteiger partial charge on any atom is 0.104 e. The lowest BCUT2D eigenvalue weighted by atomic mass is 9.63. The molecule has 0 aromatic heterocycles. The number of hydrogen-bond acceptors (Lipinski definition) is 2. The van der Waals surface area contributed by atoms with Crippen molar-refractivity contribution in [2.45, 2.75) is 91.1 Å². The molecule has 0 N–H and O–H groups in total. The van der Waals surface area contributed by atoms with Gasteiger partial charge in [-0.25, -0.2) is 0 Å². The number of rotatable bonds is 1. The van der Waals surface area contributed by atoms with Crippen LogP contribution >= 0.6 is 0 Å². The summed E-state index contributed by atoms with van der Waals surface area (Å²) in [5.74, 6) is 0.525. The summed E-state index contributed by atoms with van der Waals surface area (Å²) in [7, 11) is 0. The van der Waals surface area contributed by atoms with Gasteiger partial charge in [0.25, 0.3) is 0 Å². The van der Waals surface area contributed by atoms with Crippen LogP contribution in [0.5, 0.6) is 0 Å². The van der Waals surface area contributed by atoms with E-state index in [4.69, 9.17) is 9.47 Å². The van der Waals surface area contributed by atoms with Crippen molar-refractivity contribution in [1.82, 2.24) is 0 Å². The highest BCUT2D eigenvalue weighted by atomic mass is 16.6. The second-order valence-corrected chi connectivity index (χ2v) is 9.37. The summed E-state index contributed by atoms with van der Waals surface area (Å²) in [6.45, 7) is 16.3. The SMILES string of the molecule is C[C@@H]1O[C@]2(CC(C)(C)C)[C@H](C(C)(C)C)C1OC21CC1. The minimum Gasteiger partial charge on any atom is -0.366 e. The lowest BCUT2D eigenvalue weighted by Gasteiger charge is -2.45. The largest absolute Gasteiger partial charge is 0.366 e. The first kappa shape index (κ1) is 13.9. The van der Waals surface area contributed by atoms with Gasteiger partial charge in [-0.2, -0.15) is 0 Å². The topological polar surface area (TPSA) is 18.5 Å². The van der Waals surface area contributed by atoms with E-state index in [0.717, 1.165) is 6.42 Å². The molecule has 2 heteroatoms. The van der Waals surface area contributed by atoms with Crippen molar-refractivity contribution in [2.24, 2.45) is 16.7 Å². The number of fused-ring (bicyclic) bond motifs is 3. The van der Waals surface area contributed by atoms with Crippen LogP contribution in [0.2, 0.25) is 0 Å². The van der Waals surface area contributed by atoms with Crippen LogP contribution in [-0.2, 0) is 9.47 Å². The normalized spacial score (nSPS) is 44.1. The molecule has 110 valence electrons. The van der Waals surface area contributed by atoms with Crippen LogP contribution in [0.15, 0.2) is 0 Å². The summed E-state index contributed by atoms with van der Waals surface area (Å²) in [6, 6.07) is 0. The van der Waals surface area contributed by atoms with Gasteiger partial charge >= 0.3 is 0 Å². The molecule has 0 aromatic rings. The van der Waals surface area contributed by atoms with Crippen LogP contribution in [0, 0.1) is 16.7 Å². The van der Waals surface area contributed by atoms with Crippen molar-refractivity contribution >= 4 is 0 Å². The highest BCUT2D eigenvalue weighted by Gasteiger charge is 2.78. The second-order valence-electron chi connectivity index (χ2n) is 9.37. The number of hydrogen-bond donors (Lipinski definition) is 0. The molecule has 0 radical (unpaired) electrons. The van der Waals surface area contributed by atoms with Crippen molar-refractivity contribution in [2.75, 3.05) is 0 Å². The van der Waals surface area contributed by atoms with Gasteiger partial charge < -0.3 is 9.47 Å². The highest BCUT2D eigenvalue weighted by Crippen LogP contribution is 2.70. The average molecular weight is 266 g/mol. The van der Waals surface area contributed by atoms with Gasteiger partial charge in [-0.15, -0.1) is 0 Å². The molecule has 19 heavy (non-hydrogen) atoms. The molecule has 0 amide bonds. The third-order valence-electron chi connectivity index (χ3n) is 5.25. The Morgan fingerprint density at radius 1 is 1.00 bits per heavy atom. The van der Waals surface area contributed by atoms with Gasteiger partial charge in [0.2, 0.25) is 0 Å². The molecule has 3 rings (SSSR count). The van der Waals surface area contributed by atoms with E-state index in [0.29, 0.717) is 12.0 Å². The predicted molar refractivity (Wildman–Crippen MR) is 77.1 cm³/mol. The molecule has 0 aromatic carbocycles. The fourth-order valence-electron chi connectivity index (χ4n) is 4.87. The Kier molecular flexibility index (Phi) is 2.61. The van der Waals surface area contributed by atoms with Crippen molar-refractivity contribution < 1.29 is 9.47 Å². The average Bonchev–Trinajstić information content (AvgIpc) is 2.78. The van der Waals surface area contributed by atoms with Crippen molar-refractivity contribution in [3.8, 4) is 0 Å². The molecule has 2 nitrogen and oxygen atoms in total. The van der Waals surface area contributed by atoms with Crippen LogP contribution in [0.25, 0.3) is 0 Å². The predicted octanol–water partition coefficient (Wildman–Crippen LogP) is 4.17. The third kappa shape index (κ3) is 1.82. The van der Waals surface area contributed by atoms with E-state index in [2.05, 4.69) is 48.5 Å². The first-order valence-electron chi connectivity index (χ1n) is 7.87. The lowest BCUT2D eigenvalue weighted by Crippen LogP contribution is -2.52. The standard InChI is InChI=1S/C17H30O2/c1-11-12-13(15(5,6)7)17(18-11,10-14(2,3)4)16(19-12)8-9-16/h11-13H,8-10H2,1-7H3/t11-,12?,13-,17+/m0/s1. The molecule has 2 saturated heterocycles. The van der Waals surface area contributed by atoms with Crippen LogP contribution in [0.4, 0.5) is 0 Å². The molecular formula is C17H30O2. The van der Waals surface area contributed by atoms with Crippen molar-refractivity contribution in [3.63, 3.8) is 0 Å². The van der Waals surface area contributed by atoms with Gasteiger partial charge in [0.05, 0.1) is 17.8 Å². The van der Waals surface area contributed by atoms with Gasteiger partial charge in [-0.1, -0.05) is 41.5 Å². The molecule has 3 fully saturated rings. The van der Waals surface area contributed by atoms with Gasteiger partial charge in [0.1, 0.15) is 5.60 Å². The molecule has 1 aliphatic carbocycles. The lowest BCUT2D eigenvalue weighted by molar-refractivity contribution is -0.205. The summed E-state index contributed by atoms with van der Waals surface area (Å²) < 4.78 is 13.2. The Labute approximate surface area is 118 Å². The molecule has 2 aliphatic heterocycles. The van der Waals surface area contributed by atoms with Gasteiger partial charge in [-0.3, -0.25) is 0 Å². The smallest absolute Gasteiger partial charge is 0.104 e. The Hall–Kier alpha value is -0.0800. The van der Waals surface area contributed by atoms with E-state index in [9.17, 15) is 0 Å². The highest BCUT2D eigenvalue weighted by molar-refractivity contribution is 5.27. The minimum atomic E-state index is -0.0480. The third-order valence-corrected chi connectivity index (χ3v) is 5.25. The summed E-state index contributed by atoms with van der Waals surface area (Å²) >= 11 is 0. The zero-order valence-electron chi connectivity index (χ0n) is 13.7. The van der Waals surface area contributed by atoms with Crippen LogP contribution in [0.3, 0.4) is 0 Å². The van der Waals surface area contributed by atoms with Crippen LogP contribution in [-0.4, -0.2) is 23.4 Å². The van der Waals surface area contributed by atoms with Crippen molar-refractivity contribution in [3.05, 3.63) is 0 Å². The molecule has 2 heterocycles. The Balaban J connectivity index is 2.04. The summed E-state index contributed by atoms with van der Waals surface area (Å²) in [4.78, 5) is 0. The fraction of sp³-hybridized carbons (Fsp3) is 1.00. The molecule has 4 atom stereocenters. The zero-order valence-corrected chi connectivity index (χ0v) is 13.7. The molecule has 3 aliphatic rings. The van der Waals surface area contributed by atoms with Gasteiger partial charge in [-0.05, 0) is 37.0 Å². The van der Waals surface area contributed by atoms with E-state index >= 15 is 0 Å². The molecule has 2 bridgehead atoms. The monoisotopic (exact) mass is 266 g/mol. The van der Waals surface area contributed by atoms with E-state index in [1.54, 1.807) is 0 Å². The molecule has 1 unspecified atom stereocenters. The number of ether oxygens (including phenoxy) is 2. The summed E-state index contributed by atoms with van der Waals surface area (Å²) in [5.41, 5.74) is 0.525. The zero-order chi connectivity index (χ0) is 14.3. The van der Waals surface area contributed by atoms with E-state index in [1.807, 2.05) is 0 Å². The fourth-order valence-corrected chi connectivity index (χ4v) is 4.87. The first-order chi connectivity index (χ1) is 8.51. The molecule has 1 spiro atoms. The second kappa shape index (κ2) is 3.57. The van der Waals surface area contributed by atoms with Gasteiger partial charge in [0, 0.05) is 5.92 Å². The van der Waals surface area contributed by atoms with E-state index in [-0.39, 0.29) is 28.1 Å². The Morgan fingerprint density at radius 3 is 2.00 bits per heavy atom. The first-order valence-corrected chi connectivity index (χ1v) is 7.87. The Morgan fingerprint density at radius 2 is 1.58 bits per heavy atom. The van der Waals surface area contributed by atoms with Crippen LogP contribution in [0.1, 0.15) is 67.7 Å². The summed E-state index contributed by atoms with van der Waals surface area (Å²) in [5, 5.41) is 0. The summed E-state index contributed by atoms with van der Waals surface area (Å²) in [6.07, 6.45) is 4.04. The van der Waals surface area contributed by atoms with E-state index in [1.165, 1.54) is 12.8 Å². The molecule has 1 saturated carbocycles. The quantitative estimate of drug-likeness (QED) is 0.709. The molecular weight excluding hydrogens is 236 g/mol. The minimum absolute atomic E-state index is 0.0480. The van der Waals surface area contributed by atoms with Crippen molar-refractivity contribution in [1.29, 1.82) is 0 Å².